The molecule has 0 bridgehead atoms. The van der Waals surface area contributed by atoms with Crippen LogP contribution in [0.5, 0.6) is 0 Å². The fourth-order valence-corrected chi connectivity index (χ4v) is 3.90. The smallest absolute Gasteiger partial charge is 0.252 e. The van der Waals surface area contributed by atoms with Crippen LogP contribution in [0.25, 0.3) is 16.7 Å². The van der Waals surface area contributed by atoms with E-state index >= 15 is 0 Å². The standard InChI is InChI=1S/C23H21ClN4O2/c1-14-11-17(24)9-10-19(14)25-20(29)13-27-21(30)12-15(2)22-16(3)26-28(23(22)27)18-7-5-4-6-8-18/h4-12H,13H2,1-3H3,(H,25,29). The molecule has 0 aliphatic rings. The van der Waals surface area contributed by atoms with Gasteiger partial charge in [0.2, 0.25) is 5.91 Å². The minimum Gasteiger partial charge on any atom is -0.324 e. The number of rotatable bonds is 4. The number of anilines is 1. The van der Waals surface area contributed by atoms with Gasteiger partial charge in [0.1, 0.15) is 12.2 Å². The molecular weight excluding hydrogens is 400 g/mol. The van der Waals surface area contributed by atoms with Crippen molar-refractivity contribution in [2.45, 2.75) is 27.3 Å². The molecule has 0 atom stereocenters. The number of benzene rings is 2. The number of pyridine rings is 1. The predicted molar refractivity (Wildman–Crippen MR) is 120 cm³/mol. The minimum atomic E-state index is -0.300. The van der Waals surface area contributed by atoms with Gasteiger partial charge in [-0.05, 0) is 62.2 Å². The quantitative estimate of drug-likeness (QED) is 0.531. The van der Waals surface area contributed by atoms with Gasteiger partial charge in [0.15, 0.2) is 0 Å². The number of hydrogen-bond acceptors (Lipinski definition) is 3. The first-order valence-electron chi connectivity index (χ1n) is 9.56. The van der Waals surface area contributed by atoms with Crippen molar-refractivity contribution in [1.29, 1.82) is 0 Å². The number of fused-ring (bicyclic) bond motifs is 1. The highest BCUT2D eigenvalue weighted by Gasteiger charge is 2.19. The maximum absolute atomic E-state index is 12.9. The van der Waals surface area contributed by atoms with E-state index in [4.69, 9.17) is 11.6 Å². The molecule has 7 heteroatoms. The molecule has 0 unspecified atom stereocenters. The zero-order valence-electron chi connectivity index (χ0n) is 16.9. The molecule has 0 saturated heterocycles. The van der Waals surface area contributed by atoms with Gasteiger partial charge in [0, 0.05) is 22.2 Å². The minimum absolute atomic E-state index is 0.129. The first-order valence-corrected chi connectivity index (χ1v) is 9.94. The van der Waals surface area contributed by atoms with Gasteiger partial charge in [-0.25, -0.2) is 4.68 Å². The van der Waals surface area contributed by atoms with E-state index in [0.29, 0.717) is 16.4 Å². The molecule has 0 spiro atoms. The van der Waals surface area contributed by atoms with Crippen molar-refractivity contribution < 1.29 is 4.79 Å². The third kappa shape index (κ3) is 3.62. The molecule has 6 nitrogen and oxygen atoms in total. The lowest BCUT2D eigenvalue weighted by Crippen LogP contribution is -2.29. The largest absolute Gasteiger partial charge is 0.324 e. The number of carbonyl (C=O) groups excluding carboxylic acids is 1. The molecule has 1 amide bonds. The van der Waals surface area contributed by atoms with Crippen LogP contribution in [-0.2, 0) is 11.3 Å². The van der Waals surface area contributed by atoms with Gasteiger partial charge in [-0.2, -0.15) is 5.10 Å². The van der Waals surface area contributed by atoms with E-state index in [1.54, 1.807) is 28.9 Å². The summed E-state index contributed by atoms with van der Waals surface area (Å²) in [7, 11) is 0. The number of nitrogens with one attached hydrogen (secondary N) is 1. The van der Waals surface area contributed by atoms with E-state index in [9.17, 15) is 9.59 Å². The van der Waals surface area contributed by atoms with Crippen LogP contribution >= 0.6 is 11.6 Å². The zero-order valence-corrected chi connectivity index (χ0v) is 17.7. The fraction of sp³-hybridized carbons (Fsp3) is 0.174. The summed E-state index contributed by atoms with van der Waals surface area (Å²) >= 11 is 5.99. The van der Waals surface area contributed by atoms with Crippen LogP contribution in [0.15, 0.2) is 59.4 Å². The average Bonchev–Trinajstić information content (AvgIpc) is 3.06. The van der Waals surface area contributed by atoms with Crippen LogP contribution in [0.2, 0.25) is 5.02 Å². The highest BCUT2D eigenvalue weighted by Crippen LogP contribution is 2.24. The Balaban J connectivity index is 1.80. The van der Waals surface area contributed by atoms with Crippen LogP contribution in [0.1, 0.15) is 16.8 Å². The third-order valence-electron chi connectivity index (χ3n) is 5.06. The highest BCUT2D eigenvalue weighted by molar-refractivity contribution is 6.30. The topological polar surface area (TPSA) is 68.9 Å². The maximum Gasteiger partial charge on any atom is 0.252 e. The molecule has 0 aliphatic carbocycles. The molecule has 4 aromatic rings. The average molecular weight is 421 g/mol. The Morgan fingerprint density at radius 2 is 1.77 bits per heavy atom. The Bertz CT molecular complexity index is 1320. The Morgan fingerprint density at radius 1 is 1.03 bits per heavy atom. The molecule has 0 fully saturated rings. The Labute approximate surface area is 178 Å². The molecule has 4 rings (SSSR count). The Kier molecular flexibility index (Phi) is 5.18. The monoisotopic (exact) mass is 420 g/mol. The SMILES string of the molecule is Cc1cc(Cl)ccc1NC(=O)Cn1c(=O)cc(C)c2c(C)nn(-c3ccccc3)c21. The van der Waals surface area contributed by atoms with Crippen LogP contribution < -0.4 is 10.9 Å². The van der Waals surface area contributed by atoms with Crippen molar-refractivity contribution >= 4 is 34.2 Å². The number of amides is 1. The lowest BCUT2D eigenvalue weighted by Gasteiger charge is -2.13. The summed E-state index contributed by atoms with van der Waals surface area (Å²) in [5, 5.41) is 8.99. The number of nitrogens with zero attached hydrogens (tertiary/aromatic N) is 3. The number of carbonyl (C=O) groups is 1. The van der Waals surface area contributed by atoms with Gasteiger partial charge in [-0.15, -0.1) is 0 Å². The molecule has 2 aromatic heterocycles. The molecule has 0 saturated carbocycles. The van der Waals surface area contributed by atoms with Crippen molar-refractivity contribution in [2.24, 2.45) is 0 Å². The summed E-state index contributed by atoms with van der Waals surface area (Å²) in [6.45, 7) is 5.52. The van der Waals surface area contributed by atoms with E-state index in [1.165, 1.54) is 4.57 Å². The summed E-state index contributed by atoms with van der Waals surface area (Å²) in [5.41, 5.74) is 4.32. The highest BCUT2D eigenvalue weighted by atomic mass is 35.5. The number of halogens is 1. The van der Waals surface area contributed by atoms with Gasteiger partial charge in [0.25, 0.3) is 5.56 Å². The third-order valence-corrected chi connectivity index (χ3v) is 5.29. The first kappa shape index (κ1) is 19.9. The Morgan fingerprint density at radius 3 is 2.47 bits per heavy atom. The van der Waals surface area contributed by atoms with Crippen molar-refractivity contribution in [3.05, 3.63) is 86.8 Å². The number of para-hydroxylation sites is 1. The molecular formula is C23H21ClN4O2. The second-order valence-electron chi connectivity index (χ2n) is 7.29. The summed E-state index contributed by atoms with van der Waals surface area (Å²) in [6, 6.07) is 16.4. The molecule has 1 N–H and O–H groups in total. The van der Waals surface area contributed by atoms with E-state index in [-0.39, 0.29) is 18.0 Å². The first-order chi connectivity index (χ1) is 14.3. The predicted octanol–water partition coefficient (Wildman–Crippen LogP) is 4.40. The van der Waals surface area contributed by atoms with Crippen LogP contribution in [-0.4, -0.2) is 20.3 Å². The van der Waals surface area contributed by atoms with E-state index in [1.807, 2.05) is 51.1 Å². The van der Waals surface area contributed by atoms with Gasteiger partial charge in [-0.1, -0.05) is 29.8 Å². The van der Waals surface area contributed by atoms with Crippen molar-refractivity contribution in [2.75, 3.05) is 5.32 Å². The molecule has 152 valence electrons. The van der Waals surface area contributed by atoms with Crippen molar-refractivity contribution in [3.8, 4) is 5.69 Å². The van der Waals surface area contributed by atoms with E-state index in [0.717, 1.165) is 27.9 Å². The fourth-order valence-electron chi connectivity index (χ4n) is 3.67. The lowest BCUT2D eigenvalue weighted by atomic mass is 10.1. The van der Waals surface area contributed by atoms with Gasteiger partial charge < -0.3 is 5.32 Å². The van der Waals surface area contributed by atoms with Gasteiger partial charge in [0.05, 0.1) is 11.4 Å². The second-order valence-corrected chi connectivity index (χ2v) is 7.73. The number of aromatic nitrogens is 3. The molecule has 30 heavy (non-hydrogen) atoms. The Hall–Kier alpha value is -3.38. The van der Waals surface area contributed by atoms with Crippen LogP contribution in [0.3, 0.4) is 0 Å². The summed E-state index contributed by atoms with van der Waals surface area (Å²) in [4.78, 5) is 25.7. The number of hydrogen-bond donors (Lipinski definition) is 1. The van der Waals surface area contributed by atoms with Gasteiger partial charge in [-0.3, -0.25) is 14.2 Å². The molecule has 0 radical (unpaired) electrons. The van der Waals surface area contributed by atoms with Gasteiger partial charge >= 0.3 is 0 Å². The van der Waals surface area contributed by atoms with Crippen molar-refractivity contribution in [1.82, 2.24) is 14.3 Å². The zero-order chi connectivity index (χ0) is 21.4. The van der Waals surface area contributed by atoms with Crippen LogP contribution in [0, 0.1) is 20.8 Å². The van der Waals surface area contributed by atoms with E-state index in [2.05, 4.69) is 10.4 Å². The molecule has 0 aliphatic heterocycles. The summed E-state index contributed by atoms with van der Waals surface area (Å²) in [6.07, 6.45) is 0. The number of aryl methyl sites for hydroxylation is 3. The summed E-state index contributed by atoms with van der Waals surface area (Å²) in [5.74, 6) is -0.300. The van der Waals surface area contributed by atoms with Crippen LogP contribution in [0.4, 0.5) is 5.69 Å². The summed E-state index contributed by atoms with van der Waals surface area (Å²) < 4.78 is 3.19. The molecule has 2 aromatic carbocycles. The van der Waals surface area contributed by atoms with E-state index < -0.39 is 0 Å². The second kappa shape index (κ2) is 7.80. The lowest BCUT2D eigenvalue weighted by molar-refractivity contribution is -0.116. The van der Waals surface area contributed by atoms with Crippen molar-refractivity contribution in [3.63, 3.8) is 0 Å². The normalized spacial score (nSPS) is 11.1. The maximum atomic E-state index is 12.9. The molecule has 2 heterocycles.